The minimum atomic E-state index is 0. The number of nitrogen functional groups attached to an aromatic ring is 1. The zero-order valence-electron chi connectivity index (χ0n) is 13.1. The average molecular weight is 309 g/mol. The predicted molar refractivity (Wildman–Crippen MR) is 88.7 cm³/mol. The van der Waals surface area contributed by atoms with Crippen molar-refractivity contribution in [2.24, 2.45) is 10.8 Å². The molecule has 1 aliphatic heterocycles. The van der Waals surface area contributed by atoms with E-state index in [0.717, 1.165) is 24.9 Å². The molecule has 4 heteroatoms. The number of rotatable bonds is 1. The first-order valence-corrected chi connectivity index (χ1v) is 7.45. The largest absolute Gasteiger partial charge is 0.399 e. The van der Waals surface area contributed by atoms with E-state index in [4.69, 9.17) is 5.73 Å². The number of nitrogens with zero attached hydrogens (tertiary/aromatic N) is 1. The van der Waals surface area contributed by atoms with Gasteiger partial charge in [-0.3, -0.25) is 4.79 Å². The Morgan fingerprint density at radius 3 is 2.67 bits per heavy atom. The van der Waals surface area contributed by atoms with Crippen LogP contribution in [0.15, 0.2) is 24.3 Å². The van der Waals surface area contributed by atoms with Gasteiger partial charge in [0.25, 0.3) is 5.91 Å². The van der Waals surface area contributed by atoms with Crippen LogP contribution in [0.5, 0.6) is 0 Å². The van der Waals surface area contributed by atoms with Crippen molar-refractivity contribution in [2.75, 3.05) is 12.3 Å². The third kappa shape index (κ3) is 3.03. The van der Waals surface area contributed by atoms with Crippen LogP contribution in [0.1, 0.15) is 50.4 Å². The quantitative estimate of drug-likeness (QED) is 0.804. The lowest BCUT2D eigenvalue weighted by molar-refractivity contribution is 0.0708. The fourth-order valence-corrected chi connectivity index (χ4v) is 4.53. The highest BCUT2D eigenvalue weighted by atomic mass is 35.5. The molecule has 1 aromatic carbocycles. The molecule has 1 aliphatic carbocycles. The normalized spacial score (nSPS) is 29.9. The molecule has 21 heavy (non-hydrogen) atoms. The lowest BCUT2D eigenvalue weighted by atomic mass is 9.65. The standard InChI is InChI=1S/C17H24N2O.ClH/c1-16(2)8-14-9-17(3,10-16)11-19(14)15(20)12-5-4-6-13(18)7-12;/h4-7,14H,8-11,18H2,1-3H3;1H. The van der Waals surface area contributed by atoms with Crippen LogP contribution in [-0.2, 0) is 0 Å². The smallest absolute Gasteiger partial charge is 0.254 e. The molecule has 1 saturated carbocycles. The molecule has 2 bridgehead atoms. The summed E-state index contributed by atoms with van der Waals surface area (Å²) < 4.78 is 0. The summed E-state index contributed by atoms with van der Waals surface area (Å²) in [4.78, 5) is 14.9. The number of anilines is 1. The summed E-state index contributed by atoms with van der Waals surface area (Å²) >= 11 is 0. The van der Waals surface area contributed by atoms with E-state index >= 15 is 0 Å². The second-order valence-electron chi connectivity index (χ2n) is 7.77. The number of likely N-dealkylation sites (tertiary alicyclic amines) is 1. The molecule has 1 aromatic rings. The van der Waals surface area contributed by atoms with Gasteiger partial charge >= 0.3 is 0 Å². The zero-order valence-corrected chi connectivity index (χ0v) is 13.9. The number of hydrogen-bond acceptors (Lipinski definition) is 2. The lowest BCUT2D eigenvalue weighted by Gasteiger charge is -2.39. The van der Waals surface area contributed by atoms with Gasteiger partial charge in [0.05, 0.1) is 0 Å². The van der Waals surface area contributed by atoms with E-state index in [0.29, 0.717) is 17.1 Å². The number of halogens is 1. The number of fused-ring (bicyclic) bond motifs is 2. The summed E-state index contributed by atoms with van der Waals surface area (Å²) in [6.45, 7) is 7.86. The minimum absolute atomic E-state index is 0. The summed E-state index contributed by atoms with van der Waals surface area (Å²) in [6, 6.07) is 7.73. The van der Waals surface area contributed by atoms with Crippen molar-refractivity contribution in [1.82, 2.24) is 4.90 Å². The SMILES string of the molecule is CC1(C)CC2CC(C)(CN2C(=O)c2cccc(N)c2)C1.Cl. The second-order valence-corrected chi connectivity index (χ2v) is 7.77. The molecular weight excluding hydrogens is 284 g/mol. The van der Waals surface area contributed by atoms with Crippen LogP contribution < -0.4 is 5.73 Å². The summed E-state index contributed by atoms with van der Waals surface area (Å²) in [6.07, 6.45) is 3.46. The number of hydrogen-bond donors (Lipinski definition) is 1. The Bertz CT molecular complexity index is 557. The third-order valence-electron chi connectivity index (χ3n) is 4.81. The van der Waals surface area contributed by atoms with Crippen LogP contribution in [0, 0.1) is 10.8 Å². The lowest BCUT2D eigenvalue weighted by Crippen LogP contribution is -2.37. The molecule has 3 rings (SSSR count). The van der Waals surface area contributed by atoms with Crippen molar-refractivity contribution in [3.63, 3.8) is 0 Å². The topological polar surface area (TPSA) is 46.3 Å². The summed E-state index contributed by atoms with van der Waals surface area (Å²) in [5, 5.41) is 0. The maximum Gasteiger partial charge on any atom is 0.254 e. The van der Waals surface area contributed by atoms with Crippen LogP contribution in [-0.4, -0.2) is 23.4 Å². The van der Waals surface area contributed by atoms with Gasteiger partial charge in [0.1, 0.15) is 0 Å². The molecule has 3 nitrogen and oxygen atoms in total. The first kappa shape index (κ1) is 16.2. The van der Waals surface area contributed by atoms with Gasteiger partial charge in [-0.1, -0.05) is 26.8 Å². The van der Waals surface area contributed by atoms with E-state index < -0.39 is 0 Å². The molecule has 1 heterocycles. The van der Waals surface area contributed by atoms with Gasteiger partial charge in [0, 0.05) is 23.8 Å². The molecule has 0 spiro atoms. The molecule has 0 radical (unpaired) electrons. The van der Waals surface area contributed by atoms with Gasteiger partial charge in [0.15, 0.2) is 0 Å². The highest BCUT2D eigenvalue weighted by Gasteiger charge is 2.50. The van der Waals surface area contributed by atoms with E-state index in [2.05, 4.69) is 25.7 Å². The van der Waals surface area contributed by atoms with Gasteiger partial charge in [0.2, 0.25) is 0 Å². The van der Waals surface area contributed by atoms with Crippen LogP contribution in [0.4, 0.5) is 5.69 Å². The Hall–Kier alpha value is -1.22. The molecule has 2 unspecified atom stereocenters. The van der Waals surface area contributed by atoms with Crippen molar-refractivity contribution in [2.45, 2.75) is 46.1 Å². The fourth-order valence-electron chi connectivity index (χ4n) is 4.53. The highest BCUT2D eigenvalue weighted by Crippen LogP contribution is 2.52. The number of nitrogens with two attached hydrogens (primary N) is 1. The Balaban J connectivity index is 0.00000161. The van der Waals surface area contributed by atoms with Gasteiger partial charge in [-0.15, -0.1) is 12.4 Å². The second kappa shape index (κ2) is 5.20. The zero-order chi connectivity index (χ0) is 14.5. The van der Waals surface area contributed by atoms with E-state index in [1.54, 1.807) is 6.07 Å². The average Bonchev–Trinajstić information content (AvgIpc) is 2.57. The van der Waals surface area contributed by atoms with E-state index in [1.165, 1.54) is 6.42 Å². The van der Waals surface area contributed by atoms with Crippen LogP contribution in [0.25, 0.3) is 0 Å². The molecule has 2 aliphatic rings. The Kier molecular flexibility index (Phi) is 4.00. The Morgan fingerprint density at radius 1 is 1.29 bits per heavy atom. The van der Waals surface area contributed by atoms with Gasteiger partial charge in [-0.2, -0.15) is 0 Å². The van der Waals surface area contributed by atoms with Crippen LogP contribution >= 0.6 is 12.4 Å². The first-order chi connectivity index (χ1) is 9.28. The van der Waals surface area contributed by atoms with Crippen molar-refractivity contribution >= 4 is 24.0 Å². The summed E-state index contributed by atoms with van der Waals surface area (Å²) in [5.41, 5.74) is 7.79. The molecule has 2 N–H and O–H groups in total. The van der Waals surface area contributed by atoms with Gasteiger partial charge < -0.3 is 10.6 Å². The number of carbonyl (C=O) groups is 1. The first-order valence-electron chi connectivity index (χ1n) is 7.45. The van der Waals surface area contributed by atoms with E-state index in [9.17, 15) is 4.79 Å². The Morgan fingerprint density at radius 2 is 2.00 bits per heavy atom. The summed E-state index contributed by atoms with van der Waals surface area (Å²) in [7, 11) is 0. The molecule has 0 aromatic heterocycles. The Labute approximate surface area is 133 Å². The van der Waals surface area contributed by atoms with Crippen molar-refractivity contribution in [1.29, 1.82) is 0 Å². The molecule has 1 saturated heterocycles. The maximum atomic E-state index is 12.8. The number of amides is 1. The maximum absolute atomic E-state index is 12.8. The van der Waals surface area contributed by atoms with E-state index in [1.807, 2.05) is 18.2 Å². The highest BCUT2D eigenvalue weighted by molar-refractivity contribution is 5.95. The van der Waals surface area contributed by atoms with Gasteiger partial charge in [-0.05, 0) is 48.3 Å². The number of carbonyl (C=O) groups excluding carboxylic acids is 1. The predicted octanol–water partition coefficient (Wildman–Crippen LogP) is 3.73. The summed E-state index contributed by atoms with van der Waals surface area (Å²) in [5.74, 6) is 0.142. The number of benzene rings is 1. The van der Waals surface area contributed by atoms with Crippen LogP contribution in [0.2, 0.25) is 0 Å². The molecule has 2 fully saturated rings. The van der Waals surface area contributed by atoms with Gasteiger partial charge in [-0.25, -0.2) is 0 Å². The minimum Gasteiger partial charge on any atom is -0.399 e. The molecular formula is C17H25ClN2O. The van der Waals surface area contributed by atoms with Crippen molar-refractivity contribution in [3.8, 4) is 0 Å². The molecule has 1 amide bonds. The van der Waals surface area contributed by atoms with Crippen molar-refractivity contribution in [3.05, 3.63) is 29.8 Å². The third-order valence-corrected chi connectivity index (χ3v) is 4.81. The van der Waals surface area contributed by atoms with E-state index in [-0.39, 0.29) is 23.7 Å². The fraction of sp³-hybridized carbons (Fsp3) is 0.588. The molecule has 116 valence electrons. The van der Waals surface area contributed by atoms with Crippen molar-refractivity contribution < 1.29 is 4.79 Å². The van der Waals surface area contributed by atoms with Crippen LogP contribution in [0.3, 0.4) is 0 Å². The molecule has 2 atom stereocenters. The monoisotopic (exact) mass is 308 g/mol.